The van der Waals surface area contributed by atoms with Crippen molar-refractivity contribution in [2.24, 2.45) is 0 Å². The Morgan fingerprint density at radius 1 is 1.18 bits per heavy atom. The molecule has 8 nitrogen and oxygen atoms in total. The molecule has 0 N–H and O–H groups in total. The zero-order valence-corrected chi connectivity index (χ0v) is 21.7. The summed E-state index contributed by atoms with van der Waals surface area (Å²) in [5, 5.41) is 3.85. The minimum Gasteiger partial charge on any atom is -0.496 e. The van der Waals surface area contributed by atoms with Gasteiger partial charge in [-0.1, -0.05) is 12.1 Å². The molecule has 0 fully saturated rings. The molecule has 204 valence electrons. The molecule has 2 aromatic heterocycles. The van der Waals surface area contributed by atoms with Crippen LogP contribution in [0.1, 0.15) is 54.9 Å². The molecule has 0 bridgehead atoms. The van der Waals surface area contributed by atoms with Gasteiger partial charge in [0.25, 0.3) is 0 Å². The number of halogens is 3. The normalized spacial score (nSPS) is 16.3. The number of aromatic nitrogens is 3. The van der Waals surface area contributed by atoms with E-state index in [1.54, 1.807) is 42.5 Å². The van der Waals surface area contributed by atoms with Crippen LogP contribution in [0.4, 0.5) is 13.2 Å². The molecule has 0 saturated heterocycles. The first-order chi connectivity index (χ1) is 18.5. The lowest BCUT2D eigenvalue weighted by atomic mass is 9.91. The maximum atomic E-state index is 14.1. The van der Waals surface area contributed by atoms with E-state index in [9.17, 15) is 18.0 Å². The van der Waals surface area contributed by atoms with Crippen molar-refractivity contribution in [3.8, 4) is 28.5 Å². The van der Waals surface area contributed by atoms with Gasteiger partial charge in [0, 0.05) is 17.5 Å². The lowest BCUT2D eigenvalue weighted by Crippen LogP contribution is -2.36. The maximum Gasteiger partial charge on any atom is 0.433 e. The smallest absolute Gasteiger partial charge is 0.433 e. The highest BCUT2D eigenvalue weighted by Gasteiger charge is 2.39. The molecule has 0 radical (unpaired) electrons. The highest BCUT2D eigenvalue weighted by molar-refractivity contribution is 5.96. The fraction of sp³-hybridized carbons (Fsp3) is 0.321. The SMILES string of the molecule is CCOc1ccc2c(c1)C(OC(=O)c1cnn3c(C(F)(F)F)cc(-c4ccccc4OC)nc13)CC(C)(C)O2. The number of para-hydroxylation sites is 1. The van der Waals surface area contributed by atoms with Gasteiger partial charge in [-0.25, -0.2) is 14.3 Å². The first-order valence-corrected chi connectivity index (χ1v) is 12.3. The standard InChI is InChI=1S/C28H26F3N3O5/c1-5-37-16-10-11-22-18(12-16)23(14-27(2,3)39-22)38-26(35)19-15-32-34-24(28(29,30)31)13-20(33-25(19)34)17-8-6-7-9-21(17)36-4/h6-13,15,23H,5,14H2,1-4H3. The molecule has 1 aliphatic heterocycles. The monoisotopic (exact) mass is 541 g/mol. The van der Waals surface area contributed by atoms with Crippen LogP contribution < -0.4 is 14.2 Å². The predicted octanol–water partition coefficient (Wildman–Crippen LogP) is 6.28. The van der Waals surface area contributed by atoms with Crippen molar-refractivity contribution in [3.05, 3.63) is 71.5 Å². The van der Waals surface area contributed by atoms with Crippen molar-refractivity contribution in [3.63, 3.8) is 0 Å². The van der Waals surface area contributed by atoms with Crippen LogP contribution in [-0.2, 0) is 10.9 Å². The minimum atomic E-state index is -4.77. The summed E-state index contributed by atoms with van der Waals surface area (Å²) in [5.74, 6) is 0.577. The molecule has 0 aliphatic carbocycles. The zero-order chi connectivity index (χ0) is 27.9. The van der Waals surface area contributed by atoms with E-state index in [2.05, 4.69) is 10.1 Å². The molecule has 0 saturated carbocycles. The average Bonchev–Trinajstić information content (AvgIpc) is 3.31. The summed E-state index contributed by atoms with van der Waals surface area (Å²) < 4.78 is 65.7. The van der Waals surface area contributed by atoms with Crippen LogP contribution in [0.2, 0.25) is 0 Å². The molecule has 11 heteroatoms. The lowest BCUT2D eigenvalue weighted by molar-refractivity contribution is -0.142. The third-order valence-electron chi connectivity index (χ3n) is 6.32. The van der Waals surface area contributed by atoms with E-state index >= 15 is 0 Å². The average molecular weight is 542 g/mol. The van der Waals surface area contributed by atoms with Crippen molar-refractivity contribution >= 4 is 11.6 Å². The van der Waals surface area contributed by atoms with Crippen LogP contribution in [0.25, 0.3) is 16.9 Å². The van der Waals surface area contributed by atoms with Crippen LogP contribution in [0.15, 0.2) is 54.7 Å². The largest absolute Gasteiger partial charge is 0.496 e. The van der Waals surface area contributed by atoms with Crippen molar-refractivity contribution in [2.75, 3.05) is 13.7 Å². The number of benzene rings is 2. The summed E-state index contributed by atoms with van der Waals surface area (Å²) in [6.07, 6.45) is -4.17. The van der Waals surface area contributed by atoms with Gasteiger partial charge in [0.15, 0.2) is 11.3 Å². The second kappa shape index (κ2) is 9.79. The highest BCUT2D eigenvalue weighted by Crippen LogP contribution is 2.43. The van der Waals surface area contributed by atoms with E-state index in [0.717, 1.165) is 12.3 Å². The number of hydrogen-bond donors (Lipinski definition) is 0. The van der Waals surface area contributed by atoms with Crippen molar-refractivity contribution in [1.82, 2.24) is 14.6 Å². The van der Waals surface area contributed by atoms with Gasteiger partial charge >= 0.3 is 12.1 Å². The van der Waals surface area contributed by atoms with E-state index in [0.29, 0.717) is 45.9 Å². The van der Waals surface area contributed by atoms with Gasteiger partial charge in [0.1, 0.15) is 34.5 Å². The topological polar surface area (TPSA) is 84.2 Å². The van der Waals surface area contributed by atoms with Gasteiger partial charge in [-0.15, -0.1) is 0 Å². The summed E-state index contributed by atoms with van der Waals surface area (Å²) >= 11 is 0. The highest BCUT2D eigenvalue weighted by atomic mass is 19.4. The van der Waals surface area contributed by atoms with Crippen molar-refractivity contribution in [2.45, 2.75) is 45.1 Å². The van der Waals surface area contributed by atoms with Gasteiger partial charge < -0.3 is 18.9 Å². The van der Waals surface area contributed by atoms with E-state index < -0.39 is 29.5 Å². The Hall–Kier alpha value is -4.28. The van der Waals surface area contributed by atoms with Gasteiger partial charge in [-0.3, -0.25) is 0 Å². The number of hydrogen-bond acceptors (Lipinski definition) is 7. The number of methoxy groups -OCH3 is 1. The van der Waals surface area contributed by atoms with Crippen LogP contribution >= 0.6 is 0 Å². The Balaban J connectivity index is 1.58. The number of carbonyl (C=O) groups excluding carboxylic acids is 1. The molecular formula is C28H26F3N3O5. The molecule has 1 aliphatic rings. The molecule has 2 aromatic carbocycles. The van der Waals surface area contributed by atoms with Gasteiger partial charge in [-0.2, -0.15) is 18.3 Å². The van der Waals surface area contributed by atoms with E-state index in [1.165, 1.54) is 7.11 Å². The molecule has 0 spiro atoms. The summed E-state index contributed by atoms with van der Waals surface area (Å²) in [6, 6.07) is 12.7. The number of carbonyl (C=O) groups is 1. The molecule has 39 heavy (non-hydrogen) atoms. The third-order valence-corrected chi connectivity index (χ3v) is 6.32. The van der Waals surface area contributed by atoms with Crippen molar-refractivity contribution in [1.29, 1.82) is 0 Å². The Morgan fingerprint density at radius 2 is 1.95 bits per heavy atom. The Morgan fingerprint density at radius 3 is 2.67 bits per heavy atom. The number of fused-ring (bicyclic) bond motifs is 2. The molecule has 4 aromatic rings. The molecule has 0 amide bonds. The van der Waals surface area contributed by atoms with Crippen LogP contribution in [0, 0.1) is 0 Å². The second-order valence-electron chi connectivity index (χ2n) is 9.61. The molecule has 5 rings (SSSR count). The zero-order valence-electron chi connectivity index (χ0n) is 21.7. The summed E-state index contributed by atoms with van der Waals surface area (Å²) in [7, 11) is 1.41. The summed E-state index contributed by atoms with van der Waals surface area (Å²) in [4.78, 5) is 17.8. The van der Waals surface area contributed by atoms with Gasteiger partial charge in [0.05, 0.1) is 25.6 Å². The van der Waals surface area contributed by atoms with E-state index in [1.807, 2.05) is 20.8 Å². The number of ether oxygens (including phenoxy) is 4. The minimum absolute atomic E-state index is 0.0271. The van der Waals surface area contributed by atoms with Crippen LogP contribution in [0.5, 0.6) is 17.2 Å². The first-order valence-electron chi connectivity index (χ1n) is 12.3. The number of alkyl halides is 3. The third kappa shape index (κ3) is 5.08. The molecular weight excluding hydrogens is 515 g/mol. The maximum absolute atomic E-state index is 14.1. The fourth-order valence-electron chi connectivity index (χ4n) is 4.62. The van der Waals surface area contributed by atoms with Gasteiger partial charge in [-0.05, 0) is 57.2 Å². The van der Waals surface area contributed by atoms with Crippen LogP contribution in [0.3, 0.4) is 0 Å². The number of esters is 1. The second-order valence-corrected chi connectivity index (χ2v) is 9.61. The quantitative estimate of drug-likeness (QED) is 0.266. The van der Waals surface area contributed by atoms with Gasteiger partial charge in [0.2, 0.25) is 0 Å². The molecule has 1 atom stereocenters. The Kier molecular flexibility index (Phi) is 6.61. The molecule has 3 heterocycles. The lowest BCUT2D eigenvalue weighted by Gasteiger charge is -2.37. The van der Waals surface area contributed by atoms with Crippen molar-refractivity contribution < 1.29 is 36.9 Å². The van der Waals surface area contributed by atoms with Crippen LogP contribution in [-0.4, -0.2) is 39.9 Å². The van der Waals surface area contributed by atoms with E-state index in [4.69, 9.17) is 18.9 Å². The Bertz CT molecular complexity index is 1550. The summed E-state index contributed by atoms with van der Waals surface area (Å²) in [6.45, 7) is 6.02. The Labute approximate surface area is 222 Å². The van der Waals surface area contributed by atoms with E-state index in [-0.39, 0.29) is 16.9 Å². The first kappa shape index (κ1) is 26.3. The predicted molar refractivity (Wildman–Crippen MR) is 135 cm³/mol. The summed E-state index contributed by atoms with van der Waals surface area (Å²) in [5.41, 5.74) is -1.34. The number of nitrogens with zero attached hydrogens (tertiary/aromatic N) is 3. The fourth-order valence-corrected chi connectivity index (χ4v) is 4.62. The molecule has 1 unspecified atom stereocenters. The number of rotatable bonds is 6.